The molecule has 0 saturated heterocycles. The first-order chi connectivity index (χ1) is 12.1. The number of ether oxygens (including phenoxy) is 2. The van der Waals surface area contributed by atoms with Gasteiger partial charge >= 0.3 is 0 Å². The van der Waals surface area contributed by atoms with E-state index in [2.05, 4.69) is 0 Å². The van der Waals surface area contributed by atoms with Gasteiger partial charge in [0.2, 0.25) is 5.78 Å². The number of para-hydroxylation sites is 1. The zero-order valence-electron chi connectivity index (χ0n) is 13.9. The average molecular weight is 336 g/mol. The fourth-order valence-electron chi connectivity index (χ4n) is 2.87. The lowest BCUT2D eigenvalue weighted by Crippen LogP contribution is -2.24. The third kappa shape index (κ3) is 2.96. The summed E-state index contributed by atoms with van der Waals surface area (Å²) in [6.07, 6.45) is 1.08. The van der Waals surface area contributed by atoms with Gasteiger partial charge in [0.05, 0.1) is 25.4 Å². The summed E-state index contributed by atoms with van der Waals surface area (Å²) in [4.78, 5) is 37.8. The van der Waals surface area contributed by atoms with E-state index in [-0.39, 0.29) is 34.7 Å². The van der Waals surface area contributed by atoms with Crippen molar-refractivity contribution in [1.82, 2.24) is 0 Å². The number of fused-ring (bicyclic) bond motifs is 1. The van der Waals surface area contributed by atoms with E-state index in [1.54, 1.807) is 42.5 Å². The molecule has 126 valence electrons. The van der Waals surface area contributed by atoms with Crippen LogP contribution in [0.25, 0.3) is 0 Å². The van der Waals surface area contributed by atoms with E-state index in [0.717, 1.165) is 6.08 Å². The van der Waals surface area contributed by atoms with Gasteiger partial charge in [-0.15, -0.1) is 0 Å². The van der Waals surface area contributed by atoms with Gasteiger partial charge in [0.1, 0.15) is 11.5 Å². The second kappa shape index (κ2) is 6.73. The summed E-state index contributed by atoms with van der Waals surface area (Å²) in [6.45, 7) is 0. The van der Waals surface area contributed by atoms with E-state index in [1.165, 1.54) is 14.2 Å². The summed E-state index contributed by atoms with van der Waals surface area (Å²) in [7, 11) is 2.93. The summed E-state index contributed by atoms with van der Waals surface area (Å²) in [5.74, 6) is -0.459. The molecule has 1 aliphatic carbocycles. The van der Waals surface area contributed by atoms with Crippen LogP contribution in [0, 0.1) is 0 Å². The molecule has 25 heavy (non-hydrogen) atoms. The Labute approximate surface area is 144 Å². The summed E-state index contributed by atoms with van der Waals surface area (Å²) in [5.41, 5.74) is 0.911. The second-order valence-corrected chi connectivity index (χ2v) is 5.55. The zero-order chi connectivity index (χ0) is 18.0. The maximum absolute atomic E-state index is 12.8. The van der Waals surface area contributed by atoms with Crippen LogP contribution in [0.1, 0.15) is 26.3 Å². The minimum Gasteiger partial charge on any atom is -0.496 e. The molecular formula is C20H16O5. The fraction of sp³-hybridized carbons (Fsp3) is 0.150. The number of ketones is 3. The van der Waals surface area contributed by atoms with E-state index in [9.17, 15) is 14.4 Å². The first kappa shape index (κ1) is 16.6. The molecule has 3 rings (SSSR count). The minimum absolute atomic E-state index is 0.0284. The Bertz CT molecular complexity index is 908. The molecule has 1 aliphatic rings. The van der Waals surface area contributed by atoms with Crippen LogP contribution in [0.15, 0.2) is 54.1 Å². The molecule has 0 heterocycles. The molecule has 0 aliphatic heterocycles. The van der Waals surface area contributed by atoms with Gasteiger partial charge in [-0.2, -0.15) is 0 Å². The number of carbonyl (C=O) groups excluding carboxylic acids is 3. The smallest absolute Gasteiger partial charge is 0.201 e. The van der Waals surface area contributed by atoms with Crippen molar-refractivity contribution in [1.29, 1.82) is 0 Å². The van der Waals surface area contributed by atoms with Crippen molar-refractivity contribution in [2.45, 2.75) is 6.42 Å². The van der Waals surface area contributed by atoms with Crippen LogP contribution < -0.4 is 9.47 Å². The highest BCUT2D eigenvalue weighted by atomic mass is 16.5. The fourth-order valence-corrected chi connectivity index (χ4v) is 2.87. The number of methoxy groups -OCH3 is 2. The van der Waals surface area contributed by atoms with Crippen molar-refractivity contribution in [3.63, 3.8) is 0 Å². The zero-order valence-corrected chi connectivity index (χ0v) is 13.9. The Hall–Kier alpha value is -3.21. The molecule has 0 spiro atoms. The lowest BCUT2D eigenvalue weighted by molar-refractivity contribution is -0.114. The van der Waals surface area contributed by atoms with Gasteiger partial charge in [0.15, 0.2) is 11.6 Å². The van der Waals surface area contributed by atoms with Crippen LogP contribution in [0.4, 0.5) is 0 Å². The van der Waals surface area contributed by atoms with Crippen LogP contribution in [-0.2, 0) is 11.2 Å². The van der Waals surface area contributed by atoms with Crippen LogP contribution >= 0.6 is 0 Å². The third-order valence-corrected chi connectivity index (χ3v) is 4.10. The Morgan fingerprint density at radius 2 is 1.60 bits per heavy atom. The van der Waals surface area contributed by atoms with Crippen LogP contribution in [-0.4, -0.2) is 31.6 Å². The highest BCUT2D eigenvalue weighted by molar-refractivity contribution is 6.35. The Morgan fingerprint density at radius 1 is 0.920 bits per heavy atom. The summed E-state index contributed by atoms with van der Waals surface area (Å²) < 4.78 is 10.4. The minimum atomic E-state index is -0.494. The number of carbonyl (C=O) groups is 3. The van der Waals surface area contributed by atoms with Gasteiger partial charge in [-0.1, -0.05) is 30.3 Å². The van der Waals surface area contributed by atoms with Crippen molar-refractivity contribution in [2.75, 3.05) is 14.2 Å². The molecule has 0 fully saturated rings. The number of allylic oxidation sites excluding steroid dienone is 2. The molecule has 0 N–H and O–H groups in total. The number of rotatable bonds is 5. The van der Waals surface area contributed by atoms with Gasteiger partial charge in [-0.25, -0.2) is 0 Å². The van der Waals surface area contributed by atoms with Crippen molar-refractivity contribution in [3.8, 4) is 11.5 Å². The molecule has 0 unspecified atom stereocenters. The van der Waals surface area contributed by atoms with Crippen LogP contribution in [0.3, 0.4) is 0 Å². The molecule has 0 amide bonds. The summed E-state index contributed by atoms with van der Waals surface area (Å²) in [6, 6.07) is 11.9. The second-order valence-electron chi connectivity index (χ2n) is 5.55. The monoisotopic (exact) mass is 336 g/mol. The number of Topliss-reactive ketones (excluding diaryl/α,β-unsaturated/α-hetero) is 2. The molecule has 2 aromatic carbocycles. The quantitative estimate of drug-likeness (QED) is 0.785. The highest BCUT2D eigenvalue weighted by Crippen LogP contribution is 2.30. The number of benzene rings is 2. The molecule has 5 nitrogen and oxygen atoms in total. The van der Waals surface area contributed by atoms with E-state index in [0.29, 0.717) is 11.3 Å². The molecule has 0 saturated carbocycles. The molecule has 0 aromatic heterocycles. The van der Waals surface area contributed by atoms with Crippen molar-refractivity contribution < 1.29 is 23.9 Å². The van der Waals surface area contributed by atoms with E-state index >= 15 is 0 Å². The first-order valence-corrected chi connectivity index (χ1v) is 7.69. The Balaban J connectivity index is 1.97. The standard InChI is InChI=1S/C20H16O5/c1-24-17-8-4-3-6-12(17)10-15(21)14-11-16(22)13-7-5-9-18(25-2)19(13)20(14)23/h3-9,11H,10H2,1-2H3. The van der Waals surface area contributed by atoms with Crippen molar-refractivity contribution in [3.05, 3.63) is 70.8 Å². The number of hydrogen-bond donors (Lipinski definition) is 0. The molecule has 2 aromatic rings. The van der Waals surface area contributed by atoms with E-state index < -0.39 is 11.6 Å². The van der Waals surface area contributed by atoms with Gasteiger partial charge in [0.25, 0.3) is 0 Å². The van der Waals surface area contributed by atoms with Gasteiger partial charge < -0.3 is 9.47 Å². The summed E-state index contributed by atoms with van der Waals surface area (Å²) >= 11 is 0. The molecular weight excluding hydrogens is 320 g/mol. The lowest BCUT2D eigenvalue weighted by atomic mass is 9.85. The van der Waals surface area contributed by atoms with Crippen molar-refractivity contribution in [2.24, 2.45) is 0 Å². The van der Waals surface area contributed by atoms with Gasteiger partial charge in [0, 0.05) is 23.6 Å². The Morgan fingerprint density at radius 3 is 2.32 bits per heavy atom. The molecule has 0 radical (unpaired) electrons. The normalized spacial score (nSPS) is 13.1. The van der Waals surface area contributed by atoms with Gasteiger partial charge in [-0.3, -0.25) is 14.4 Å². The summed E-state index contributed by atoms with van der Waals surface area (Å²) in [5, 5.41) is 0. The third-order valence-electron chi connectivity index (χ3n) is 4.10. The van der Waals surface area contributed by atoms with E-state index in [4.69, 9.17) is 9.47 Å². The maximum atomic E-state index is 12.8. The number of hydrogen-bond acceptors (Lipinski definition) is 5. The first-order valence-electron chi connectivity index (χ1n) is 7.69. The lowest BCUT2D eigenvalue weighted by Gasteiger charge is -2.17. The predicted octanol–water partition coefficient (Wildman–Crippen LogP) is 2.82. The molecule has 5 heteroatoms. The van der Waals surface area contributed by atoms with Crippen molar-refractivity contribution >= 4 is 17.3 Å². The predicted molar refractivity (Wildman–Crippen MR) is 91.4 cm³/mol. The van der Waals surface area contributed by atoms with E-state index in [1.807, 2.05) is 0 Å². The molecule has 0 atom stereocenters. The largest absolute Gasteiger partial charge is 0.496 e. The van der Waals surface area contributed by atoms with Crippen LogP contribution in [0.5, 0.6) is 11.5 Å². The highest BCUT2D eigenvalue weighted by Gasteiger charge is 2.32. The van der Waals surface area contributed by atoms with Crippen LogP contribution in [0.2, 0.25) is 0 Å². The molecule has 0 bridgehead atoms. The maximum Gasteiger partial charge on any atom is 0.201 e. The Kier molecular flexibility index (Phi) is 4.48. The average Bonchev–Trinajstić information content (AvgIpc) is 2.64. The SMILES string of the molecule is COc1ccccc1CC(=O)C1=CC(=O)c2cccc(OC)c2C1=O. The topological polar surface area (TPSA) is 69.7 Å². The van der Waals surface area contributed by atoms with Gasteiger partial charge in [-0.05, 0) is 12.1 Å².